The van der Waals surface area contributed by atoms with Crippen molar-refractivity contribution in [1.82, 2.24) is 19.5 Å². The van der Waals surface area contributed by atoms with Crippen molar-refractivity contribution in [2.75, 3.05) is 44.7 Å². The van der Waals surface area contributed by atoms with Crippen molar-refractivity contribution >= 4 is 42.6 Å². The first-order valence-corrected chi connectivity index (χ1v) is 15.9. The van der Waals surface area contributed by atoms with E-state index in [9.17, 15) is 18.9 Å². The summed E-state index contributed by atoms with van der Waals surface area (Å²) in [6, 6.07) is 8.41. The zero-order valence-electron chi connectivity index (χ0n) is 25.7. The number of fused-ring (bicyclic) bond motifs is 1. The SMILES string of the molecule is CCOCCOCCOP(=O)(Nc1ncnc2c1ncn2[C@@H]1O[C@H](COC(C)=O)[C@@H](OC(C)=O)[C@H]1OC(C)=O)Oc1ccccc1. The topological polar surface area (TPSA) is 198 Å². The van der Waals surface area contributed by atoms with Gasteiger partial charge in [0, 0.05) is 27.4 Å². The molecule has 1 aliphatic heterocycles. The smallest absolute Gasteiger partial charge is 0.463 e. The molecule has 5 atom stereocenters. The average Bonchev–Trinajstić information content (AvgIpc) is 3.57. The molecule has 0 amide bonds. The van der Waals surface area contributed by atoms with E-state index in [4.69, 9.17) is 37.5 Å². The number of rotatable bonds is 17. The van der Waals surface area contributed by atoms with Crippen LogP contribution in [-0.2, 0) is 51.9 Å². The van der Waals surface area contributed by atoms with Gasteiger partial charge in [-0.15, -0.1) is 0 Å². The molecule has 3 heterocycles. The van der Waals surface area contributed by atoms with E-state index in [1.807, 2.05) is 6.92 Å². The van der Waals surface area contributed by atoms with E-state index in [1.54, 1.807) is 30.3 Å². The highest BCUT2D eigenvalue weighted by molar-refractivity contribution is 7.55. The summed E-state index contributed by atoms with van der Waals surface area (Å²) in [5.41, 5.74) is 0.300. The van der Waals surface area contributed by atoms with Gasteiger partial charge in [0.05, 0.1) is 32.8 Å². The summed E-state index contributed by atoms with van der Waals surface area (Å²) in [6.07, 6.45) is -1.92. The van der Waals surface area contributed by atoms with Gasteiger partial charge in [-0.25, -0.2) is 19.5 Å². The number of hydrogen-bond acceptors (Lipinski definition) is 15. The highest BCUT2D eigenvalue weighted by atomic mass is 31.2. The molecule has 17 nitrogen and oxygen atoms in total. The van der Waals surface area contributed by atoms with Crippen LogP contribution in [0.5, 0.6) is 5.75 Å². The minimum atomic E-state index is -4.14. The van der Waals surface area contributed by atoms with Crippen LogP contribution >= 0.6 is 7.75 Å². The van der Waals surface area contributed by atoms with Crippen LogP contribution in [0.2, 0.25) is 0 Å². The fourth-order valence-corrected chi connectivity index (χ4v) is 5.75. The molecule has 3 aromatic rings. The van der Waals surface area contributed by atoms with Crippen LogP contribution in [0, 0.1) is 0 Å². The Kier molecular flexibility index (Phi) is 12.4. The van der Waals surface area contributed by atoms with E-state index in [-0.39, 0.29) is 42.6 Å². The van der Waals surface area contributed by atoms with E-state index in [0.29, 0.717) is 19.8 Å². The third-order valence-corrected chi connectivity index (χ3v) is 7.71. The van der Waals surface area contributed by atoms with Crippen molar-refractivity contribution in [3.8, 4) is 5.75 Å². The monoisotopic (exact) mass is 665 g/mol. The van der Waals surface area contributed by atoms with Gasteiger partial charge in [-0.3, -0.25) is 28.6 Å². The summed E-state index contributed by atoms with van der Waals surface area (Å²) in [6.45, 7) is 6.49. The van der Waals surface area contributed by atoms with E-state index >= 15 is 0 Å². The number of nitrogens with one attached hydrogen (secondary N) is 1. The Hall–Kier alpha value is -4.15. The molecule has 18 heteroatoms. The molecule has 4 rings (SSSR count). The minimum Gasteiger partial charge on any atom is -0.463 e. The van der Waals surface area contributed by atoms with Gasteiger partial charge in [-0.1, -0.05) is 18.2 Å². The van der Waals surface area contributed by atoms with Crippen LogP contribution in [0.1, 0.15) is 33.9 Å². The van der Waals surface area contributed by atoms with Crippen molar-refractivity contribution in [3.63, 3.8) is 0 Å². The van der Waals surface area contributed by atoms with Crippen LogP contribution in [0.15, 0.2) is 43.0 Å². The Labute approximate surface area is 264 Å². The first-order valence-electron chi connectivity index (χ1n) is 14.3. The second-order valence-electron chi connectivity index (χ2n) is 9.72. The highest BCUT2D eigenvalue weighted by Gasteiger charge is 2.51. The maximum absolute atomic E-state index is 14.0. The lowest BCUT2D eigenvalue weighted by atomic mass is 10.1. The largest absolute Gasteiger partial charge is 0.487 e. The van der Waals surface area contributed by atoms with Crippen LogP contribution in [0.3, 0.4) is 0 Å². The minimum absolute atomic E-state index is 0.00434. The molecule has 1 fully saturated rings. The number of para-hydroxylation sites is 1. The standard InChI is InChI=1S/C28H36N5O12P/c1-5-38-11-12-39-13-14-41-46(37,45-21-9-7-6-8-10-21)32-26-23-27(30-16-29-26)33(17-31-23)28-25(43-20(4)36)24(42-19(3)35)22(44-28)15-40-18(2)34/h6-10,16-17,22,24-25,28H,5,11-15H2,1-4H3,(H,29,30,32,37)/t22-,24-,25-,28-,46?/m1/s1. The number of esters is 3. The maximum atomic E-state index is 14.0. The number of ether oxygens (including phenoxy) is 6. The molecule has 1 unspecified atom stereocenters. The number of benzene rings is 1. The molecule has 1 aliphatic rings. The van der Waals surface area contributed by atoms with Crippen LogP contribution < -0.4 is 9.61 Å². The molecule has 250 valence electrons. The van der Waals surface area contributed by atoms with Gasteiger partial charge in [-0.05, 0) is 19.1 Å². The molecule has 1 N–H and O–H groups in total. The molecule has 0 bridgehead atoms. The Balaban J connectivity index is 1.62. The van der Waals surface area contributed by atoms with Crippen LogP contribution in [-0.4, -0.2) is 95.4 Å². The zero-order chi connectivity index (χ0) is 33.1. The maximum Gasteiger partial charge on any atom is 0.487 e. The van der Waals surface area contributed by atoms with Gasteiger partial charge >= 0.3 is 25.7 Å². The van der Waals surface area contributed by atoms with E-state index in [0.717, 1.165) is 0 Å². The van der Waals surface area contributed by atoms with Crippen molar-refractivity contribution in [2.45, 2.75) is 52.2 Å². The lowest BCUT2D eigenvalue weighted by Gasteiger charge is -2.23. The molecular formula is C28H36N5O12P. The van der Waals surface area contributed by atoms with Crippen molar-refractivity contribution in [3.05, 3.63) is 43.0 Å². The molecule has 1 saturated heterocycles. The number of hydrogen-bond donors (Lipinski definition) is 1. The summed E-state index contributed by atoms with van der Waals surface area (Å²) in [5, 5.41) is 2.73. The predicted molar refractivity (Wildman–Crippen MR) is 159 cm³/mol. The molecule has 0 aliphatic carbocycles. The second kappa shape index (κ2) is 16.4. The van der Waals surface area contributed by atoms with Gasteiger partial charge in [0.15, 0.2) is 35.4 Å². The van der Waals surface area contributed by atoms with Crippen molar-refractivity contribution in [2.24, 2.45) is 0 Å². The number of carbonyl (C=O) groups excluding carboxylic acids is 3. The van der Waals surface area contributed by atoms with Gasteiger partial charge in [0.2, 0.25) is 0 Å². The summed E-state index contributed by atoms with van der Waals surface area (Å²) in [4.78, 5) is 48.4. The molecule has 46 heavy (non-hydrogen) atoms. The molecule has 2 aromatic heterocycles. The van der Waals surface area contributed by atoms with Crippen LogP contribution in [0.4, 0.5) is 5.82 Å². The quantitative estimate of drug-likeness (QED) is 0.0955. The fourth-order valence-electron chi connectivity index (χ4n) is 4.45. The Bertz CT molecular complexity index is 1520. The summed E-state index contributed by atoms with van der Waals surface area (Å²) < 4.78 is 59.7. The molecule has 1 aromatic carbocycles. The number of nitrogens with zero attached hydrogens (tertiary/aromatic N) is 4. The van der Waals surface area contributed by atoms with Gasteiger partial charge in [0.25, 0.3) is 0 Å². The zero-order valence-corrected chi connectivity index (χ0v) is 26.6. The summed E-state index contributed by atoms with van der Waals surface area (Å²) >= 11 is 0. The highest BCUT2D eigenvalue weighted by Crippen LogP contribution is 2.48. The van der Waals surface area contributed by atoms with Gasteiger partial charge < -0.3 is 32.9 Å². The van der Waals surface area contributed by atoms with Crippen molar-refractivity contribution in [1.29, 1.82) is 0 Å². The van der Waals surface area contributed by atoms with E-state index in [1.165, 1.54) is 38.0 Å². The first kappa shape index (κ1) is 34.7. The molecule has 0 spiro atoms. The predicted octanol–water partition coefficient (Wildman–Crippen LogP) is 2.82. The second-order valence-corrected chi connectivity index (χ2v) is 11.4. The lowest BCUT2D eigenvalue weighted by Crippen LogP contribution is -2.40. The van der Waals surface area contributed by atoms with Gasteiger partial charge in [0.1, 0.15) is 24.8 Å². The normalized spacial score (nSPS) is 20.5. The first-order chi connectivity index (χ1) is 22.1. The Morgan fingerprint density at radius 2 is 1.61 bits per heavy atom. The third-order valence-electron chi connectivity index (χ3n) is 6.25. The molecular weight excluding hydrogens is 629 g/mol. The number of carbonyl (C=O) groups is 3. The van der Waals surface area contributed by atoms with E-state index < -0.39 is 50.2 Å². The Morgan fingerprint density at radius 1 is 0.913 bits per heavy atom. The van der Waals surface area contributed by atoms with Gasteiger partial charge in [-0.2, -0.15) is 0 Å². The molecule has 0 saturated carbocycles. The lowest BCUT2D eigenvalue weighted by molar-refractivity contribution is -0.166. The summed E-state index contributed by atoms with van der Waals surface area (Å²) in [5.74, 6) is -1.67. The number of anilines is 1. The third kappa shape index (κ3) is 9.43. The Morgan fingerprint density at radius 3 is 2.30 bits per heavy atom. The van der Waals surface area contributed by atoms with E-state index in [2.05, 4.69) is 20.0 Å². The van der Waals surface area contributed by atoms with Crippen LogP contribution in [0.25, 0.3) is 11.2 Å². The number of aromatic nitrogens is 4. The fraction of sp³-hybridized carbons (Fsp3) is 0.500. The number of imidazole rings is 1. The van der Waals surface area contributed by atoms with Crippen molar-refractivity contribution < 1.29 is 56.4 Å². The summed E-state index contributed by atoms with van der Waals surface area (Å²) in [7, 11) is -4.14. The average molecular weight is 666 g/mol. The molecule has 0 radical (unpaired) electrons.